The molecule has 2 rings (SSSR count). The van der Waals surface area contributed by atoms with Gasteiger partial charge in [0, 0.05) is 31.7 Å². The van der Waals surface area contributed by atoms with Crippen LogP contribution in [0.4, 0.5) is 0 Å². The largest absolute Gasteiger partial charge is 0.345 e. The molecule has 2 amide bonds. The fourth-order valence-corrected chi connectivity index (χ4v) is 2.72. The normalized spacial score (nSPS) is 17.5. The fourth-order valence-electron chi connectivity index (χ4n) is 2.72. The van der Waals surface area contributed by atoms with Crippen LogP contribution < -0.4 is 10.6 Å². The number of carbonyl (C=O) groups excluding carboxylic acids is 2. The van der Waals surface area contributed by atoms with Gasteiger partial charge in [0.05, 0.1) is 0 Å². The molecule has 0 spiro atoms. The van der Waals surface area contributed by atoms with Crippen LogP contribution in [-0.4, -0.2) is 41.9 Å². The summed E-state index contributed by atoms with van der Waals surface area (Å²) in [6.45, 7) is 6.69. The first-order valence-corrected chi connectivity index (χ1v) is 8.46. The van der Waals surface area contributed by atoms with Crippen LogP contribution in [0.25, 0.3) is 0 Å². The number of rotatable bonds is 5. The molecule has 0 radical (unpaired) electrons. The molecule has 0 bridgehead atoms. The number of benzene rings is 1. The van der Waals surface area contributed by atoms with Crippen molar-refractivity contribution >= 4 is 11.8 Å². The Balaban J connectivity index is 1.72. The van der Waals surface area contributed by atoms with Gasteiger partial charge in [0.2, 0.25) is 0 Å². The number of piperidine rings is 1. The zero-order valence-electron chi connectivity index (χ0n) is 14.0. The van der Waals surface area contributed by atoms with Gasteiger partial charge in [0.1, 0.15) is 0 Å². The summed E-state index contributed by atoms with van der Waals surface area (Å²) >= 11 is 0. The SMILES string of the molecule is CCC(C)NC(=O)C(=O)NC1CCN(Cc2ccccc2)CC1. The van der Waals surface area contributed by atoms with Gasteiger partial charge in [-0.25, -0.2) is 0 Å². The summed E-state index contributed by atoms with van der Waals surface area (Å²) < 4.78 is 0. The lowest BCUT2D eigenvalue weighted by atomic mass is 10.0. The molecule has 0 aliphatic carbocycles. The number of amides is 2. The Kier molecular flexibility index (Phi) is 6.59. The highest BCUT2D eigenvalue weighted by Gasteiger charge is 2.23. The van der Waals surface area contributed by atoms with Gasteiger partial charge < -0.3 is 10.6 Å². The number of nitrogens with one attached hydrogen (secondary N) is 2. The molecule has 5 nitrogen and oxygen atoms in total. The van der Waals surface area contributed by atoms with Crippen molar-refractivity contribution in [3.63, 3.8) is 0 Å². The van der Waals surface area contributed by atoms with E-state index in [0.717, 1.165) is 38.9 Å². The van der Waals surface area contributed by atoms with Crippen LogP contribution in [0.15, 0.2) is 30.3 Å². The molecule has 1 aliphatic rings. The van der Waals surface area contributed by atoms with Gasteiger partial charge >= 0.3 is 11.8 Å². The Bertz CT molecular complexity index is 510. The van der Waals surface area contributed by atoms with Crippen molar-refractivity contribution in [3.8, 4) is 0 Å². The molecule has 1 aromatic carbocycles. The third-order valence-electron chi connectivity index (χ3n) is 4.37. The molecule has 23 heavy (non-hydrogen) atoms. The van der Waals surface area contributed by atoms with Crippen molar-refractivity contribution in [1.29, 1.82) is 0 Å². The number of hydrogen-bond acceptors (Lipinski definition) is 3. The molecule has 5 heteroatoms. The second-order valence-electron chi connectivity index (χ2n) is 6.29. The summed E-state index contributed by atoms with van der Waals surface area (Å²) in [5.41, 5.74) is 1.31. The monoisotopic (exact) mass is 317 g/mol. The molecule has 1 atom stereocenters. The van der Waals surface area contributed by atoms with Crippen LogP contribution in [0.3, 0.4) is 0 Å². The first-order valence-electron chi connectivity index (χ1n) is 8.46. The first-order chi connectivity index (χ1) is 11.1. The van der Waals surface area contributed by atoms with Crippen LogP contribution in [0.2, 0.25) is 0 Å². The molecule has 1 heterocycles. The van der Waals surface area contributed by atoms with Crippen LogP contribution in [0, 0.1) is 0 Å². The maximum atomic E-state index is 11.9. The van der Waals surface area contributed by atoms with Gasteiger partial charge in [0.25, 0.3) is 0 Å². The number of carbonyl (C=O) groups is 2. The molecule has 2 N–H and O–H groups in total. The van der Waals surface area contributed by atoms with Crippen LogP contribution in [-0.2, 0) is 16.1 Å². The molecule has 1 aromatic rings. The number of hydrogen-bond donors (Lipinski definition) is 2. The summed E-state index contributed by atoms with van der Waals surface area (Å²) in [7, 11) is 0. The molecular formula is C18H27N3O2. The molecule has 1 fully saturated rings. The third kappa shape index (κ3) is 5.67. The van der Waals surface area contributed by atoms with Crippen molar-refractivity contribution in [2.45, 2.75) is 51.7 Å². The first kappa shape index (κ1) is 17.5. The Morgan fingerprint density at radius 3 is 2.43 bits per heavy atom. The zero-order valence-corrected chi connectivity index (χ0v) is 14.0. The van der Waals surface area contributed by atoms with Crippen molar-refractivity contribution in [2.75, 3.05) is 13.1 Å². The predicted octanol–water partition coefficient (Wildman–Crippen LogP) is 1.68. The van der Waals surface area contributed by atoms with Crippen LogP contribution in [0.5, 0.6) is 0 Å². The zero-order chi connectivity index (χ0) is 16.7. The minimum Gasteiger partial charge on any atom is -0.345 e. The van der Waals surface area contributed by atoms with E-state index in [4.69, 9.17) is 0 Å². The summed E-state index contributed by atoms with van der Waals surface area (Å²) in [6, 6.07) is 10.5. The highest BCUT2D eigenvalue weighted by atomic mass is 16.2. The van der Waals surface area contributed by atoms with Gasteiger partial charge in [-0.2, -0.15) is 0 Å². The van der Waals surface area contributed by atoms with E-state index in [1.165, 1.54) is 5.56 Å². The molecule has 1 unspecified atom stereocenters. The topological polar surface area (TPSA) is 61.4 Å². The lowest BCUT2D eigenvalue weighted by Crippen LogP contribution is -2.50. The van der Waals surface area contributed by atoms with Crippen molar-refractivity contribution in [3.05, 3.63) is 35.9 Å². The van der Waals surface area contributed by atoms with E-state index in [2.05, 4.69) is 39.8 Å². The standard InChI is InChI=1S/C18H27N3O2/c1-3-14(2)19-17(22)18(23)20-16-9-11-21(12-10-16)13-15-7-5-4-6-8-15/h4-8,14,16H,3,9-13H2,1-2H3,(H,19,22)(H,20,23). The Morgan fingerprint density at radius 2 is 1.83 bits per heavy atom. The van der Waals surface area contributed by atoms with Crippen molar-refractivity contribution in [2.24, 2.45) is 0 Å². The average molecular weight is 317 g/mol. The van der Waals surface area contributed by atoms with Crippen LogP contribution in [0.1, 0.15) is 38.7 Å². The van der Waals surface area contributed by atoms with Gasteiger partial charge in [-0.3, -0.25) is 14.5 Å². The van der Waals surface area contributed by atoms with E-state index in [1.54, 1.807) is 0 Å². The van der Waals surface area contributed by atoms with E-state index in [0.29, 0.717) is 0 Å². The Labute approximate surface area is 138 Å². The second kappa shape index (κ2) is 8.67. The minimum absolute atomic E-state index is 0.0287. The molecular weight excluding hydrogens is 290 g/mol. The molecule has 1 aliphatic heterocycles. The quantitative estimate of drug-likeness (QED) is 0.812. The van der Waals surface area contributed by atoms with E-state index in [1.807, 2.05) is 19.9 Å². The van der Waals surface area contributed by atoms with E-state index >= 15 is 0 Å². The smallest absolute Gasteiger partial charge is 0.309 e. The van der Waals surface area contributed by atoms with Crippen LogP contribution >= 0.6 is 0 Å². The maximum Gasteiger partial charge on any atom is 0.309 e. The summed E-state index contributed by atoms with van der Waals surface area (Å²) in [5, 5.41) is 5.55. The Hall–Kier alpha value is -1.88. The molecule has 126 valence electrons. The lowest BCUT2D eigenvalue weighted by molar-refractivity contribution is -0.140. The van der Waals surface area contributed by atoms with E-state index in [9.17, 15) is 9.59 Å². The molecule has 0 saturated carbocycles. The predicted molar refractivity (Wildman–Crippen MR) is 90.8 cm³/mol. The second-order valence-corrected chi connectivity index (χ2v) is 6.29. The maximum absolute atomic E-state index is 11.9. The molecule has 1 saturated heterocycles. The van der Waals surface area contributed by atoms with Gasteiger partial charge in [-0.05, 0) is 31.7 Å². The van der Waals surface area contributed by atoms with E-state index in [-0.39, 0.29) is 12.1 Å². The molecule has 0 aromatic heterocycles. The van der Waals surface area contributed by atoms with Gasteiger partial charge in [-0.15, -0.1) is 0 Å². The lowest BCUT2D eigenvalue weighted by Gasteiger charge is -2.32. The summed E-state index contributed by atoms with van der Waals surface area (Å²) in [4.78, 5) is 26.0. The average Bonchev–Trinajstić information content (AvgIpc) is 2.57. The minimum atomic E-state index is -0.522. The Morgan fingerprint density at radius 1 is 1.17 bits per heavy atom. The van der Waals surface area contributed by atoms with Crippen molar-refractivity contribution < 1.29 is 9.59 Å². The fraction of sp³-hybridized carbons (Fsp3) is 0.556. The highest BCUT2D eigenvalue weighted by molar-refractivity contribution is 6.35. The third-order valence-corrected chi connectivity index (χ3v) is 4.37. The number of nitrogens with zero attached hydrogens (tertiary/aromatic N) is 1. The van der Waals surface area contributed by atoms with Gasteiger partial charge in [0.15, 0.2) is 0 Å². The van der Waals surface area contributed by atoms with E-state index < -0.39 is 11.8 Å². The highest BCUT2D eigenvalue weighted by Crippen LogP contribution is 2.13. The summed E-state index contributed by atoms with van der Waals surface area (Å²) in [5.74, 6) is -1.03. The van der Waals surface area contributed by atoms with Gasteiger partial charge in [-0.1, -0.05) is 37.3 Å². The summed E-state index contributed by atoms with van der Waals surface area (Å²) in [6.07, 6.45) is 2.58. The van der Waals surface area contributed by atoms with Crippen molar-refractivity contribution in [1.82, 2.24) is 15.5 Å². The number of likely N-dealkylation sites (tertiary alicyclic amines) is 1.